The lowest BCUT2D eigenvalue weighted by Crippen LogP contribution is -2.21. The Kier molecular flexibility index (Phi) is 7.51. The van der Waals surface area contributed by atoms with Gasteiger partial charge in [-0.2, -0.15) is 8.78 Å². The Labute approximate surface area is 170 Å². The van der Waals surface area contributed by atoms with Crippen molar-refractivity contribution in [3.8, 4) is 11.5 Å². The first kappa shape index (κ1) is 23.0. The van der Waals surface area contributed by atoms with Crippen LogP contribution in [0.4, 0.5) is 27.6 Å². The molecule has 0 spiro atoms. The van der Waals surface area contributed by atoms with Gasteiger partial charge < -0.3 is 9.64 Å². The van der Waals surface area contributed by atoms with Gasteiger partial charge in [0.15, 0.2) is 0 Å². The highest BCUT2D eigenvalue weighted by molar-refractivity contribution is 8.00. The number of nitrogens with zero attached hydrogens (tertiary/aromatic N) is 2. The molecule has 158 valence electrons. The van der Waals surface area contributed by atoms with E-state index in [2.05, 4.69) is 4.99 Å². The molecule has 0 atom stereocenters. The van der Waals surface area contributed by atoms with Crippen LogP contribution in [-0.2, 0) is 0 Å². The second-order valence-electron chi connectivity index (χ2n) is 6.38. The molecule has 0 aliphatic rings. The molecular formula is C20H21F5N2OS. The maximum absolute atomic E-state index is 13.8. The molecule has 0 bridgehead atoms. The molecule has 0 unspecified atom stereocenters. The Balaban J connectivity index is 2.27. The van der Waals surface area contributed by atoms with E-state index in [0.717, 1.165) is 35.5 Å². The minimum absolute atomic E-state index is 0.0587. The molecular weight excluding hydrogens is 411 g/mol. The molecule has 0 saturated carbocycles. The Morgan fingerprint density at radius 1 is 1.17 bits per heavy atom. The second kappa shape index (κ2) is 9.47. The molecule has 0 N–H and O–H groups in total. The summed E-state index contributed by atoms with van der Waals surface area (Å²) in [6.07, 6.45) is -2.21. The molecule has 0 aliphatic carbocycles. The highest BCUT2D eigenvalue weighted by Crippen LogP contribution is 2.43. The normalized spacial score (nSPS) is 12.1. The van der Waals surface area contributed by atoms with Crippen LogP contribution in [0.15, 0.2) is 40.2 Å². The predicted molar refractivity (Wildman–Crippen MR) is 106 cm³/mol. The molecule has 0 saturated heterocycles. The van der Waals surface area contributed by atoms with Crippen LogP contribution < -0.4 is 4.74 Å². The number of benzene rings is 2. The van der Waals surface area contributed by atoms with Crippen molar-refractivity contribution >= 4 is 23.8 Å². The minimum atomic E-state index is -4.41. The van der Waals surface area contributed by atoms with Crippen molar-refractivity contribution in [2.24, 2.45) is 4.99 Å². The van der Waals surface area contributed by atoms with E-state index >= 15 is 0 Å². The van der Waals surface area contributed by atoms with Gasteiger partial charge in [-0.3, -0.25) is 0 Å². The highest BCUT2D eigenvalue weighted by Gasteiger charge is 2.42. The summed E-state index contributed by atoms with van der Waals surface area (Å²) in [6.45, 7) is 6.41. The van der Waals surface area contributed by atoms with Crippen LogP contribution in [-0.4, -0.2) is 36.5 Å². The average Bonchev–Trinajstić information content (AvgIpc) is 2.65. The van der Waals surface area contributed by atoms with Crippen molar-refractivity contribution in [1.29, 1.82) is 0 Å². The van der Waals surface area contributed by atoms with Gasteiger partial charge in [-0.05, 0) is 74.0 Å². The maximum atomic E-state index is 13.8. The van der Waals surface area contributed by atoms with Crippen LogP contribution >= 0.6 is 11.8 Å². The first-order chi connectivity index (χ1) is 13.5. The van der Waals surface area contributed by atoms with Crippen molar-refractivity contribution in [2.75, 3.05) is 13.6 Å². The Hall–Kier alpha value is -2.29. The Morgan fingerprint density at radius 3 is 2.48 bits per heavy atom. The number of ether oxygens (including phenoxy) is 1. The zero-order valence-corrected chi connectivity index (χ0v) is 17.2. The van der Waals surface area contributed by atoms with E-state index in [0.29, 0.717) is 5.75 Å². The van der Waals surface area contributed by atoms with Gasteiger partial charge >= 0.3 is 11.7 Å². The molecule has 0 heterocycles. The lowest BCUT2D eigenvalue weighted by Gasteiger charge is -2.16. The third-order valence-corrected chi connectivity index (χ3v) is 5.00. The van der Waals surface area contributed by atoms with Crippen LogP contribution in [0.5, 0.6) is 11.5 Å². The lowest BCUT2D eigenvalue weighted by molar-refractivity contribution is -0.0564. The SMILES string of the molecule is CCN(C)C=Nc1cc(C)c(Oc2ccc(F)c(SC(F)(F)C(F)F)c2)cc1C. The molecule has 0 aliphatic heterocycles. The molecule has 2 aromatic rings. The number of rotatable bonds is 8. The summed E-state index contributed by atoms with van der Waals surface area (Å²) >= 11 is -0.536. The molecule has 0 fully saturated rings. The average molecular weight is 432 g/mol. The molecule has 29 heavy (non-hydrogen) atoms. The number of alkyl halides is 4. The largest absolute Gasteiger partial charge is 0.457 e. The first-order valence-corrected chi connectivity index (χ1v) is 9.53. The summed E-state index contributed by atoms with van der Waals surface area (Å²) in [7, 11) is 1.89. The number of hydrogen-bond acceptors (Lipinski definition) is 3. The molecule has 0 amide bonds. The lowest BCUT2D eigenvalue weighted by atomic mass is 10.1. The highest BCUT2D eigenvalue weighted by atomic mass is 32.2. The van der Waals surface area contributed by atoms with Crippen molar-refractivity contribution in [2.45, 2.75) is 37.3 Å². The van der Waals surface area contributed by atoms with Gasteiger partial charge in [-0.1, -0.05) is 0 Å². The van der Waals surface area contributed by atoms with Crippen molar-refractivity contribution in [3.05, 3.63) is 47.3 Å². The van der Waals surface area contributed by atoms with Crippen LogP contribution in [0.25, 0.3) is 0 Å². The number of halogens is 5. The van der Waals surface area contributed by atoms with E-state index in [1.807, 2.05) is 25.8 Å². The fraction of sp³-hybridized carbons (Fsp3) is 0.350. The third kappa shape index (κ3) is 6.09. The molecule has 0 aromatic heterocycles. The monoisotopic (exact) mass is 432 g/mol. The van der Waals surface area contributed by atoms with Crippen LogP contribution in [0.2, 0.25) is 0 Å². The van der Waals surface area contributed by atoms with Crippen LogP contribution in [0.3, 0.4) is 0 Å². The van der Waals surface area contributed by atoms with E-state index < -0.39 is 34.2 Å². The van der Waals surface area contributed by atoms with E-state index in [9.17, 15) is 22.0 Å². The first-order valence-electron chi connectivity index (χ1n) is 8.71. The summed E-state index contributed by atoms with van der Waals surface area (Å²) in [6, 6.07) is 6.65. The Bertz CT molecular complexity index is 889. The molecule has 0 radical (unpaired) electrons. The Morgan fingerprint density at radius 2 is 1.86 bits per heavy atom. The molecule has 2 aromatic carbocycles. The topological polar surface area (TPSA) is 24.8 Å². The van der Waals surface area contributed by atoms with Crippen molar-refractivity contribution in [1.82, 2.24) is 4.90 Å². The van der Waals surface area contributed by atoms with Gasteiger partial charge in [0.2, 0.25) is 0 Å². The quantitative estimate of drug-likeness (QED) is 0.199. The van der Waals surface area contributed by atoms with Gasteiger partial charge in [-0.25, -0.2) is 18.2 Å². The maximum Gasteiger partial charge on any atom is 0.357 e. The van der Waals surface area contributed by atoms with E-state index in [-0.39, 0.29) is 5.75 Å². The van der Waals surface area contributed by atoms with Crippen LogP contribution in [0, 0.1) is 19.7 Å². The summed E-state index contributed by atoms with van der Waals surface area (Å²) in [4.78, 5) is 5.70. The van der Waals surface area contributed by atoms with Crippen molar-refractivity contribution < 1.29 is 26.7 Å². The zero-order valence-electron chi connectivity index (χ0n) is 16.3. The van der Waals surface area contributed by atoms with Gasteiger partial charge in [-0.15, -0.1) is 0 Å². The number of aliphatic imine (C=N–C) groups is 1. The van der Waals surface area contributed by atoms with E-state index in [4.69, 9.17) is 4.74 Å². The standard InChI is InChI=1S/C20H21F5N2OS/c1-5-27(4)11-26-16-8-13(3)17(9-12(16)2)28-14-6-7-15(21)18(10-14)29-20(24,25)19(22)23/h6-11,19H,5H2,1-4H3. The molecule has 2 rings (SSSR count). The van der Waals surface area contributed by atoms with Gasteiger partial charge in [0.05, 0.1) is 16.9 Å². The fourth-order valence-corrected chi connectivity index (χ4v) is 2.93. The molecule has 3 nitrogen and oxygen atoms in total. The number of hydrogen-bond donors (Lipinski definition) is 0. The smallest absolute Gasteiger partial charge is 0.357 e. The van der Waals surface area contributed by atoms with Gasteiger partial charge in [0.1, 0.15) is 17.3 Å². The summed E-state index contributed by atoms with van der Waals surface area (Å²) in [5.74, 6) is -0.544. The number of aryl methyl sites for hydroxylation is 2. The van der Waals surface area contributed by atoms with E-state index in [1.165, 1.54) is 6.07 Å². The van der Waals surface area contributed by atoms with Gasteiger partial charge in [0, 0.05) is 13.6 Å². The second-order valence-corrected chi connectivity index (χ2v) is 7.57. The van der Waals surface area contributed by atoms with Gasteiger partial charge in [0.25, 0.3) is 0 Å². The van der Waals surface area contributed by atoms with Crippen molar-refractivity contribution in [3.63, 3.8) is 0 Å². The molecule has 9 heteroatoms. The fourth-order valence-electron chi connectivity index (χ4n) is 2.21. The summed E-state index contributed by atoms with van der Waals surface area (Å²) in [5.41, 5.74) is 2.27. The minimum Gasteiger partial charge on any atom is -0.457 e. The third-order valence-electron chi connectivity index (χ3n) is 4.02. The van der Waals surface area contributed by atoms with Crippen LogP contribution in [0.1, 0.15) is 18.1 Å². The zero-order chi connectivity index (χ0) is 21.8. The predicted octanol–water partition coefficient (Wildman–Crippen LogP) is 6.80. The van der Waals surface area contributed by atoms with E-state index in [1.54, 1.807) is 25.4 Å². The summed E-state index contributed by atoms with van der Waals surface area (Å²) < 4.78 is 70.9. The summed E-state index contributed by atoms with van der Waals surface area (Å²) in [5, 5.41) is -4.41. The number of thioether (sulfide) groups is 1.